The van der Waals surface area contributed by atoms with Gasteiger partial charge in [-0.2, -0.15) is 0 Å². The van der Waals surface area contributed by atoms with E-state index in [4.69, 9.17) is 4.74 Å². The number of rotatable bonds is 11. The van der Waals surface area contributed by atoms with Crippen LogP contribution in [0.3, 0.4) is 0 Å². The SMILES string of the molecule is CCCCc1ccc(NS(=O)(=O)c2cccc(C(=O)OCC(=O)NC(=O)NCC(C)C)c2)cc1. The van der Waals surface area contributed by atoms with Gasteiger partial charge in [0.05, 0.1) is 10.5 Å². The Balaban J connectivity index is 1.96. The number of urea groups is 1. The molecule has 0 aromatic heterocycles. The minimum atomic E-state index is -3.95. The Hall–Kier alpha value is -3.40. The van der Waals surface area contributed by atoms with Crippen LogP contribution >= 0.6 is 0 Å². The third-order valence-corrected chi connectivity index (χ3v) is 6.04. The molecule has 0 atom stereocenters. The second-order valence-corrected chi connectivity index (χ2v) is 9.84. The molecule has 0 bridgehead atoms. The molecule has 0 saturated heterocycles. The molecular formula is C24H31N3O6S. The van der Waals surface area contributed by atoms with Gasteiger partial charge in [-0.05, 0) is 54.7 Å². The molecule has 0 saturated carbocycles. The molecule has 0 aliphatic carbocycles. The lowest BCUT2D eigenvalue weighted by Gasteiger charge is -2.11. The Labute approximate surface area is 200 Å². The van der Waals surface area contributed by atoms with Crippen molar-refractivity contribution in [3.05, 3.63) is 59.7 Å². The van der Waals surface area contributed by atoms with Gasteiger partial charge in [0.2, 0.25) is 0 Å². The zero-order chi connectivity index (χ0) is 25.1. The van der Waals surface area contributed by atoms with Gasteiger partial charge in [-0.1, -0.05) is 45.4 Å². The summed E-state index contributed by atoms with van der Waals surface area (Å²) in [7, 11) is -3.95. The number of anilines is 1. The Kier molecular flexibility index (Phi) is 10.1. The lowest BCUT2D eigenvalue weighted by molar-refractivity contribution is -0.123. The molecule has 3 N–H and O–H groups in total. The first-order valence-corrected chi connectivity index (χ1v) is 12.6. The number of carbonyl (C=O) groups excluding carboxylic acids is 3. The van der Waals surface area contributed by atoms with Crippen molar-refractivity contribution in [1.82, 2.24) is 10.6 Å². The van der Waals surface area contributed by atoms with E-state index in [1.54, 1.807) is 12.1 Å². The molecule has 0 radical (unpaired) electrons. The van der Waals surface area contributed by atoms with E-state index >= 15 is 0 Å². The molecule has 184 valence electrons. The third-order valence-electron chi connectivity index (χ3n) is 4.66. The zero-order valence-electron chi connectivity index (χ0n) is 19.6. The number of hydrogen-bond donors (Lipinski definition) is 3. The first-order chi connectivity index (χ1) is 16.1. The normalized spacial score (nSPS) is 11.1. The first kappa shape index (κ1) is 26.8. The van der Waals surface area contributed by atoms with Crippen molar-refractivity contribution < 1.29 is 27.5 Å². The largest absolute Gasteiger partial charge is 0.452 e. The molecule has 10 heteroatoms. The van der Waals surface area contributed by atoms with Crippen molar-refractivity contribution in [1.29, 1.82) is 0 Å². The topological polar surface area (TPSA) is 131 Å². The van der Waals surface area contributed by atoms with Gasteiger partial charge in [0.15, 0.2) is 6.61 Å². The molecule has 0 spiro atoms. The molecular weight excluding hydrogens is 458 g/mol. The Morgan fingerprint density at radius 1 is 1.03 bits per heavy atom. The van der Waals surface area contributed by atoms with Crippen LogP contribution in [0, 0.1) is 5.92 Å². The van der Waals surface area contributed by atoms with E-state index < -0.39 is 34.5 Å². The highest BCUT2D eigenvalue weighted by molar-refractivity contribution is 7.92. The molecule has 0 aliphatic rings. The van der Waals surface area contributed by atoms with E-state index in [2.05, 4.69) is 17.0 Å². The summed E-state index contributed by atoms with van der Waals surface area (Å²) < 4.78 is 32.9. The fraction of sp³-hybridized carbons (Fsp3) is 0.375. The van der Waals surface area contributed by atoms with E-state index in [0.717, 1.165) is 30.9 Å². The predicted octanol–water partition coefficient (Wildman–Crippen LogP) is 3.47. The van der Waals surface area contributed by atoms with Crippen LogP contribution in [0.25, 0.3) is 0 Å². The minimum absolute atomic E-state index is 0.0464. The monoisotopic (exact) mass is 489 g/mol. The summed E-state index contributed by atoms with van der Waals surface area (Å²) in [6.45, 7) is 5.61. The van der Waals surface area contributed by atoms with E-state index in [0.29, 0.717) is 12.2 Å². The Morgan fingerprint density at radius 2 is 1.74 bits per heavy atom. The number of esters is 1. The highest BCUT2D eigenvalue weighted by atomic mass is 32.2. The van der Waals surface area contributed by atoms with E-state index in [1.165, 1.54) is 18.2 Å². The maximum absolute atomic E-state index is 12.8. The number of amides is 3. The summed E-state index contributed by atoms with van der Waals surface area (Å²) in [5.74, 6) is -1.49. The summed E-state index contributed by atoms with van der Waals surface area (Å²) >= 11 is 0. The smallest absolute Gasteiger partial charge is 0.338 e. The summed E-state index contributed by atoms with van der Waals surface area (Å²) in [4.78, 5) is 35.5. The number of sulfonamides is 1. The van der Waals surface area contributed by atoms with Crippen molar-refractivity contribution in [2.45, 2.75) is 44.9 Å². The van der Waals surface area contributed by atoms with Gasteiger partial charge < -0.3 is 10.1 Å². The van der Waals surface area contributed by atoms with Crippen LogP contribution in [0.2, 0.25) is 0 Å². The number of hydrogen-bond acceptors (Lipinski definition) is 6. The summed E-state index contributed by atoms with van der Waals surface area (Å²) in [6, 6.07) is 11.7. The van der Waals surface area contributed by atoms with Crippen molar-refractivity contribution in [2.75, 3.05) is 17.9 Å². The second-order valence-electron chi connectivity index (χ2n) is 8.16. The van der Waals surface area contributed by atoms with Gasteiger partial charge in [0, 0.05) is 12.2 Å². The molecule has 0 heterocycles. The highest BCUT2D eigenvalue weighted by Crippen LogP contribution is 2.19. The summed E-state index contributed by atoms with van der Waals surface area (Å²) in [6.07, 6.45) is 3.06. The van der Waals surface area contributed by atoms with Crippen LogP contribution < -0.4 is 15.4 Å². The zero-order valence-corrected chi connectivity index (χ0v) is 20.4. The lowest BCUT2D eigenvalue weighted by Crippen LogP contribution is -2.42. The quantitative estimate of drug-likeness (QED) is 0.414. The van der Waals surface area contributed by atoms with Crippen molar-refractivity contribution in [3.63, 3.8) is 0 Å². The number of unbranched alkanes of at least 4 members (excludes halogenated alkanes) is 1. The van der Waals surface area contributed by atoms with Crippen LogP contribution in [0.15, 0.2) is 53.4 Å². The van der Waals surface area contributed by atoms with Gasteiger partial charge in [0.1, 0.15) is 0 Å². The molecule has 2 aromatic rings. The van der Waals surface area contributed by atoms with Crippen LogP contribution in [0.4, 0.5) is 10.5 Å². The fourth-order valence-corrected chi connectivity index (χ4v) is 3.95. The van der Waals surface area contributed by atoms with Crippen LogP contribution in [0.5, 0.6) is 0 Å². The average Bonchev–Trinajstić information content (AvgIpc) is 2.80. The number of ether oxygens (including phenoxy) is 1. The van der Waals surface area contributed by atoms with Crippen LogP contribution in [-0.4, -0.2) is 39.5 Å². The molecule has 9 nitrogen and oxygen atoms in total. The highest BCUT2D eigenvalue weighted by Gasteiger charge is 2.18. The predicted molar refractivity (Wildman–Crippen MR) is 129 cm³/mol. The van der Waals surface area contributed by atoms with Gasteiger partial charge >= 0.3 is 12.0 Å². The number of aryl methyl sites for hydroxylation is 1. The van der Waals surface area contributed by atoms with E-state index in [-0.39, 0.29) is 16.4 Å². The van der Waals surface area contributed by atoms with Crippen LogP contribution in [-0.2, 0) is 26.0 Å². The second kappa shape index (κ2) is 12.7. The average molecular weight is 490 g/mol. The number of carbonyl (C=O) groups is 3. The van der Waals surface area contributed by atoms with E-state index in [9.17, 15) is 22.8 Å². The molecule has 0 aliphatic heterocycles. The van der Waals surface area contributed by atoms with Crippen molar-refractivity contribution >= 4 is 33.6 Å². The number of imide groups is 1. The molecule has 0 unspecified atom stereocenters. The maximum Gasteiger partial charge on any atom is 0.338 e. The van der Waals surface area contributed by atoms with Crippen molar-refractivity contribution in [3.8, 4) is 0 Å². The minimum Gasteiger partial charge on any atom is -0.452 e. The number of nitrogens with one attached hydrogen (secondary N) is 3. The first-order valence-electron chi connectivity index (χ1n) is 11.1. The Morgan fingerprint density at radius 3 is 2.38 bits per heavy atom. The molecule has 0 fully saturated rings. The summed E-state index contributed by atoms with van der Waals surface area (Å²) in [5.41, 5.74) is 1.48. The molecule has 34 heavy (non-hydrogen) atoms. The standard InChI is InChI=1S/C24H31N3O6S/c1-4-5-7-18-10-12-20(13-11-18)27-34(31,32)21-9-6-8-19(14-21)23(29)33-16-22(28)26-24(30)25-15-17(2)3/h6,8-14,17,27H,4-5,7,15-16H2,1-3H3,(H2,25,26,28,30). The maximum atomic E-state index is 12.8. The van der Waals surface area contributed by atoms with Gasteiger partial charge in [-0.15, -0.1) is 0 Å². The molecule has 2 rings (SSSR count). The van der Waals surface area contributed by atoms with Gasteiger partial charge in [-0.3, -0.25) is 14.8 Å². The number of benzene rings is 2. The molecule has 2 aromatic carbocycles. The lowest BCUT2D eigenvalue weighted by atomic mass is 10.1. The molecule has 3 amide bonds. The van der Waals surface area contributed by atoms with E-state index in [1.807, 2.05) is 31.3 Å². The summed E-state index contributed by atoms with van der Waals surface area (Å²) in [5, 5.41) is 4.55. The fourth-order valence-electron chi connectivity index (χ4n) is 2.84. The third kappa shape index (κ3) is 8.86. The van der Waals surface area contributed by atoms with Gasteiger partial charge in [-0.25, -0.2) is 18.0 Å². The van der Waals surface area contributed by atoms with Gasteiger partial charge in [0.25, 0.3) is 15.9 Å². The van der Waals surface area contributed by atoms with Crippen molar-refractivity contribution in [2.24, 2.45) is 5.92 Å². The Bertz CT molecular complexity index is 1100. The van der Waals surface area contributed by atoms with Crippen LogP contribution in [0.1, 0.15) is 49.5 Å².